The van der Waals surface area contributed by atoms with E-state index in [0.717, 1.165) is 0 Å². The second kappa shape index (κ2) is 5.29. The zero-order valence-electron chi connectivity index (χ0n) is 10.8. The topological polar surface area (TPSA) is 117 Å². The summed E-state index contributed by atoms with van der Waals surface area (Å²) in [6.07, 6.45) is 0. The Bertz CT molecular complexity index is 672. The van der Waals surface area contributed by atoms with Crippen LogP contribution in [-0.4, -0.2) is 27.6 Å². The fraction of sp³-hybridized carbons (Fsp3) is 0.182. The first kappa shape index (κ1) is 14.0. The van der Waals surface area contributed by atoms with E-state index in [1.807, 2.05) is 0 Å². The van der Waals surface area contributed by atoms with Gasteiger partial charge in [0.25, 0.3) is 10.0 Å². The van der Waals surface area contributed by atoms with Gasteiger partial charge in [-0.15, -0.1) is 0 Å². The Labute approximate surface area is 115 Å². The number of aromatic nitrogens is 1. The van der Waals surface area contributed by atoms with Crippen LogP contribution >= 0.6 is 0 Å². The molecule has 0 amide bonds. The van der Waals surface area contributed by atoms with Crippen molar-refractivity contribution in [2.75, 3.05) is 24.7 Å². The van der Waals surface area contributed by atoms with E-state index in [1.165, 1.54) is 38.5 Å². The predicted molar refractivity (Wildman–Crippen MR) is 71.3 cm³/mol. The van der Waals surface area contributed by atoms with Crippen molar-refractivity contribution in [1.29, 1.82) is 0 Å². The van der Waals surface area contributed by atoms with Gasteiger partial charge in [-0.1, -0.05) is 0 Å². The van der Waals surface area contributed by atoms with Gasteiger partial charge >= 0.3 is 17.8 Å². The molecule has 0 unspecified atom stereocenters. The third kappa shape index (κ3) is 2.77. The molecule has 0 bridgehead atoms. The van der Waals surface area contributed by atoms with E-state index < -0.39 is 10.0 Å². The van der Waals surface area contributed by atoms with Gasteiger partial charge in [0.1, 0.15) is 0 Å². The number of sulfonamides is 1. The summed E-state index contributed by atoms with van der Waals surface area (Å²) in [5.74, 6) is 0.0185. The van der Waals surface area contributed by atoms with Crippen LogP contribution in [0.25, 0.3) is 0 Å². The van der Waals surface area contributed by atoms with Crippen LogP contribution in [0.2, 0.25) is 0 Å². The van der Waals surface area contributed by atoms with Crippen LogP contribution in [-0.2, 0) is 10.0 Å². The minimum Gasteiger partial charge on any atom is -0.476 e. The molecule has 9 heteroatoms. The van der Waals surface area contributed by atoms with Gasteiger partial charge in [0.2, 0.25) is 0 Å². The lowest BCUT2D eigenvalue weighted by Crippen LogP contribution is -2.13. The lowest BCUT2D eigenvalue weighted by Gasteiger charge is -2.04. The number of nitrogen functional groups attached to an aromatic ring is 1. The van der Waals surface area contributed by atoms with E-state index in [0.29, 0.717) is 5.69 Å². The number of rotatable bonds is 5. The van der Waals surface area contributed by atoms with E-state index in [4.69, 9.17) is 19.6 Å². The number of nitrogens with zero attached hydrogens (tertiary/aromatic N) is 1. The highest BCUT2D eigenvalue weighted by molar-refractivity contribution is 7.92. The molecule has 2 rings (SSSR count). The summed E-state index contributed by atoms with van der Waals surface area (Å²) in [6, 6.07) is 5.44. The molecule has 1 heterocycles. The number of ether oxygens (including phenoxy) is 2. The number of oxazole rings is 1. The molecule has 0 aliphatic carbocycles. The fourth-order valence-electron chi connectivity index (χ4n) is 1.41. The Balaban J connectivity index is 2.28. The molecule has 2 aromatic rings. The highest BCUT2D eigenvalue weighted by Crippen LogP contribution is 2.30. The minimum atomic E-state index is -3.82. The monoisotopic (exact) mass is 299 g/mol. The van der Waals surface area contributed by atoms with Crippen LogP contribution < -0.4 is 19.9 Å². The van der Waals surface area contributed by atoms with Crippen molar-refractivity contribution < 1.29 is 22.3 Å². The maximum atomic E-state index is 12.1. The highest BCUT2D eigenvalue weighted by Gasteiger charge is 2.20. The average Bonchev–Trinajstić information content (AvgIpc) is 2.80. The molecular formula is C11H13N3O5S. The van der Waals surface area contributed by atoms with Crippen molar-refractivity contribution in [3.63, 3.8) is 0 Å². The quantitative estimate of drug-likeness (QED) is 0.793. The minimum absolute atomic E-state index is 0.0255. The third-order valence-electron chi connectivity index (χ3n) is 2.36. The summed E-state index contributed by atoms with van der Waals surface area (Å²) in [5, 5.41) is 0. The Morgan fingerprint density at radius 2 is 1.85 bits per heavy atom. The van der Waals surface area contributed by atoms with Crippen LogP contribution in [0, 0.1) is 0 Å². The van der Waals surface area contributed by atoms with Crippen molar-refractivity contribution in [2.24, 2.45) is 0 Å². The average molecular weight is 299 g/mol. The van der Waals surface area contributed by atoms with E-state index in [1.54, 1.807) is 0 Å². The van der Waals surface area contributed by atoms with Crippen LogP contribution in [0.4, 0.5) is 11.7 Å². The van der Waals surface area contributed by atoms with Gasteiger partial charge in [0.05, 0.1) is 19.1 Å². The molecule has 1 aromatic carbocycles. The van der Waals surface area contributed by atoms with Crippen LogP contribution in [0.1, 0.15) is 0 Å². The summed E-state index contributed by atoms with van der Waals surface area (Å²) < 4.78 is 41.1. The fourth-order valence-corrected chi connectivity index (χ4v) is 2.34. The van der Waals surface area contributed by atoms with Gasteiger partial charge < -0.3 is 19.6 Å². The lowest BCUT2D eigenvalue weighted by molar-refractivity contribution is 0.282. The first-order valence-corrected chi connectivity index (χ1v) is 6.91. The van der Waals surface area contributed by atoms with Crippen molar-refractivity contribution >= 4 is 21.7 Å². The van der Waals surface area contributed by atoms with Gasteiger partial charge in [-0.25, -0.2) is 13.1 Å². The van der Waals surface area contributed by atoms with E-state index in [2.05, 4.69) is 9.71 Å². The SMILES string of the molecule is COc1nc(NS(=O)(=O)c2ccc(N)cc2)oc1OC. The molecule has 0 atom stereocenters. The first-order chi connectivity index (χ1) is 9.46. The molecule has 0 saturated carbocycles. The van der Waals surface area contributed by atoms with Gasteiger partial charge in [-0.3, -0.25) is 0 Å². The summed E-state index contributed by atoms with van der Waals surface area (Å²) in [7, 11) is -1.11. The number of anilines is 2. The lowest BCUT2D eigenvalue weighted by atomic mass is 10.3. The smallest absolute Gasteiger partial charge is 0.352 e. The zero-order valence-corrected chi connectivity index (χ0v) is 11.6. The largest absolute Gasteiger partial charge is 0.476 e. The van der Waals surface area contributed by atoms with E-state index >= 15 is 0 Å². The highest BCUT2D eigenvalue weighted by atomic mass is 32.2. The van der Waals surface area contributed by atoms with Crippen molar-refractivity contribution in [1.82, 2.24) is 4.98 Å². The Kier molecular flexibility index (Phi) is 3.70. The molecule has 0 aliphatic heterocycles. The van der Waals surface area contributed by atoms with Crippen molar-refractivity contribution in [3.05, 3.63) is 24.3 Å². The molecule has 20 heavy (non-hydrogen) atoms. The molecular weight excluding hydrogens is 286 g/mol. The van der Waals surface area contributed by atoms with E-state index in [9.17, 15) is 8.42 Å². The van der Waals surface area contributed by atoms with Gasteiger partial charge in [0.15, 0.2) is 0 Å². The maximum Gasteiger partial charge on any atom is 0.352 e. The normalized spacial score (nSPS) is 11.1. The summed E-state index contributed by atoms with van der Waals surface area (Å²) >= 11 is 0. The summed E-state index contributed by atoms with van der Waals surface area (Å²) in [6.45, 7) is 0. The molecule has 8 nitrogen and oxygen atoms in total. The predicted octanol–water partition coefficient (Wildman–Crippen LogP) is 1.07. The Hall–Kier alpha value is -2.42. The van der Waals surface area contributed by atoms with Gasteiger partial charge in [-0.2, -0.15) is 4.98 Å². The molecule has 1 aromatic heterocycles. The van der Waals surface area contributed by atoms with Crippen LogP contribution in [0.15, 0.2) is 33.6 Å². The van der Waals surface area contributed by atoms with E-state index in [-0.39, 0.29) is 22.7 Å². The third-order valence-corrected chi connectivity index (χ3v) is 3.69. The number of nitrogens with two attached hydrogens (primary N) is 1. The second-order valence-corrected chi connectivity index (χ2v) is 5.38. The number of nitrogens with one attached hydrogen (secondary N) is 1. The zero-order chi connectivity index (χ0) is 14.8. The van der Waals surface area contributed by atoms with Crippen molar-refractivity contribution in [2.45, 2.75) is 4.90 Å². The number of hydrogen-bond acceptors (Lipinski definition) is 7. The van der Waals surface area contributed by atoms with Gasteiger partial charge in [0, 0.05) is 5.69 Å². The second-order valence-electron chi connectivity index (χ2n) is 3.69. The van der Waals surface area contributed by atoms with Gasteiger partial charge in [-0.05, 0) is 24.3 Å². The van der Waals surface area contributed by atoms with Crippen LogP contribution in [0.5, 0.6) is 11.8 Å². The van der Waals surface area contributed by atoms with Crippen molar-refractivity contribution in [3.8, 4) is 11.8 Å². The maximum absolute atomic E-state index is 12.1. The molecule has 0 fully saturated rings. The molecule has 0 saturated heterocycles. The standard InChI is InChI=1S/C11H13N3O5S/c1-17-9-10(18-2)19-11(13-9)14-20(15,16)8-5-3-7(12)4-6-8/h3-6H,12H2,1-2H3,(H,13,14). The number of hydrogen-bond donors (Lipinski definition) is 2. The van der Waals surface area contributed by atoms with Crippen LogP contribution in [0.3, 0.4) is 0 Å². The molecule has 108 valence electrons. The molecule has 0 spiro atoms. The molecule has 0 aliphatic rings. The summed E-state index contributed by atoms with van der Waals surface area (Å²) in [5.41, 5.74) is 5.96. The molecule has 3 N–H and O–H groups in total. The molecule has 0 radical (unpaired) electrons. The number of methoxy groups -OCH3 is 2. The Morgan fingerprint density at radius 3 is 2.35 bits per heavy atom. The number of benzene rings is 1. The first-order valence-electron chi connectivity index (χ1n) is 5.43. The summed E-state index contributed by atoms with van der Waals surface area (Å²) in [4.78, 5) is 3.83. The Morgan fingerprint density at radius 1 is 1.20 bits per heavy atom.